The zero-order valence-electron chi connectivity index (χ0n) is 15.7. The van der Waals surface area contributed by atoms with Gasteiger partial charge < -0.3 is 19.7 Å². The SMILES string of the molecule is CCN(Cc1ccc2c(c1)OCO2)C(=O)Cc1csc(NC(=O)C(C)C)n1. The molecule has 0 saturated heterocycles. The largest absolute Gasteiger partial charge is 0.454 e. The Balaban J connectivity index is 1.60. The summed E-state index contributed by atoms with van der Waals surface area (Å²) >= 11 is 1.33. The van der Waals surface area contributed by atoms with Crippen molar-refractivity contribution in [2.45, 2.75) is 33.7 Å². The molecule has 0 atom stereocenters. The van der Waals surface area contributed by atoms with Gasteiger partial charge in [0.15, 0.2) is 16.6 Å². The number of fused-ring (bicyclic) bond motifs is 1. The summed E-state index contributed by atoms with van der Waals surface area (Å²) in [5.41, 5.74) is 1.64. The molecule has 1 aromatic heterocycles. The quantitative estimate of drug-likeness (QED) is 0.787. The van der Waals surface area contributed by atoms with Crippen LogP contribution in [0.5, 0.6) is 11.5 Å². The highest BCUT2D eigenvalue weighted by Gasteiger charge is 2.18. The van der Waals surface area contributed by atoms with Crippen LogP contribution < -0.4 is 14.8 Å². The molecule has 1 aliphatic heterocycles. The van der Waals surface area contributed by atoms with Crippen molar-refractivity contribution in [1.82, 2.24) is 9.88 Å². The highest BCUT2D eigenvalue weighted by atomic mass is 32.1. The van der Waals surface area contributed by atoms with E-state index in [2.05, 4.69) is 10.3 Å². The highest BCUT2D eigenvalue weighted by molar-refractivity contribution is 7.13. The average Bonchev–Trinajstić information content (AvgIpc) is 3.28. The van der Waals surface area contributed by atoms with Crippen LogP contribution in [0.4, 0.5) is 5.13 Å². The Morgan fingerprint density at radius 3 is 2.81 bits per heavy atom. The summed E-state index contributed by atoms with van der Waals surface area (Å²) in [5, 5.41) is 5.09. The van der Waals surface area contributed by atoms with Gasteiger partial charge in [0.05, 0.1) is 12.1 Å². The lowest BCUT2D eigenvalue weighted by Gasteiger charge is -2.20. The molecular weight excluding hydrogens is 366 g/mol. The van der Waals surface area contributed by atoms with Crippen molar-refractivity contribution in [2.75, 3.05) is 18.7 Å². The van der Waals surface area contributed by atoms with Gasteiger partial charge in [0.1, 0.15) is 0 Å². The molecule has 2 amide bonds. The van der Waals surface area contributed by atoms with E-state index in [1.54, 1.807) is 4.90 Å². The number of carbonyl (C=O) groups excluding carboxylic acids is 2. The predicted octanol–water partition coefficient (Wildman–Crippen LogP) is 3.06. The second-order valence-electron chi connectivity index (χ2n) is 6.56. The van der Waals surface area contributed by atoms with E-state index in [0.29, 0.717) is 29.7 Å². The van der Waals surface area contributed by atoms with Gasteiger partial charge in [0.2, 0.25) is 18.6 Å². The van der Waals surface area contributed by atoms with Gasteiger partial charge in [-0.25, -0.2) is 4.98 Å². The summed E-state index contributed by atoms with van der Waals surface area (Å²) in [6.07, 6.45) is 0.201. The number of hydrogen-bond acceptors (Lipinski definition) is 6. The van der Waals surface area contributed by atoms with E-state index >= 15 is 0 Å². The molecule has 0 spiro atoms. The monoisotopic (exact) mass is 389 g/mol. The minimum atomic E-state index is -0.115. The molecule has 1 N–H and O–H groups in total. The van der Waals surface area contributed by atoms with Crippen LogP contribution in [0.1, 0.15) is 32.0 Å². The summed E-state index contributed by atoms with van der Waals surface area (Å²) in [4.78, 5) is 30.5. The maximum absolute atomic E-state index is 12.7. The fourth-order valence-corrected chi connectivity index (χ4v) is 3.31. The molecule has 2 heterocycles. The lowest BCUT2D eigenvalue weighted by Crippen LogP contribution is -2.31. The summed E-state index contributed by atoms with van der Waals surface area (Å²) in [6, 6.07) is 5.70. The Labute approximate surface area is 162 Å². The lowest BCUT2D eigenvalue weighted by atomic mass is 10.1. The summed E-state index contributed by atoms with van der Waals surface area (Å²) in [6.45, 7) is 6.90. The number of carbonyl (C=O) groups is 2. The second kappa shape index (κ2) is 8.39. The summed E-state index contributed by atoms with van der Waals surface area (Å²) < 4.78 is 10.7. The molecule has 0 fully saturated rings. The van der Waals surface area contributed by atoms with E-state index in [4.69, 9.17) is 9.47 Å². The van der Waals surface area contributed by atoms with Crippen LogP contribution in [0, 0.1) is 5.92 Å². The van der Waals surface area contributed by atoms with Crippen LogP contribution in [0.2, 0.25) is 0 Å². The fraction of sp³-hybridized carbons (Fsp3) is 0.421. The topological polar surface area (TPSA) is 80.8 Å². The van der Waals surface area contributed by atoms with Gasteiger partial charge in [0, 0.05) is 24.4 Å². The molecule has 0 bridgehead atoms. The molecule has 7 nitrogen and oxygen atoms in total. The van der Waals surface area contributed by atoms with Gasteiger partial charge in [0.25, 0.3) is 0 Å². The molecule has 0 saturated carbocycles. The molecule has 2 aromatic rings. The van der Waals surface area contributed by atoms with Crippen molar-refractivity contribution < 1.29 is 19.1 Å². The number of amides is 2. The van der Waals surface area contributed by atoms with E-state index in [9.17, 15) is 9.59 Å². The third kappa shape index (κ3) is 4.77. The number of anilines is 1. The van der Waals surface area contributed by atoms with E-state index in [1.165, 1.54) is 11.3 Å². The van der Waals surface area contributed by atoms with E-state index in [1.807, 2.05) is 44.4 Å². The minimum absolute atomic E-state index is 0.0118. The first-order chi connectivity index (χ1) is 13.0. The van der Waals surface area contributed by atoms with Crippen molar-refractivity contribution >= 4 is 28.3 Å². The van der Waals surface area contributed by atoms with Crippen LogP contribution >= 0.6 is 11.3 Å². The average molecular weight is 389 g/mol. The van der Waals surface area contributed by atoms with Crippen molar-refractivity contribution in [3.63, 3.8) is 0 Å². The first kappa shape index (κ1) is 19.2. The number of rotatable bonds is 7. The zero-order valence-corrected chi connectivity index (χ0v) is 16.5. The first-order valence-corrected chi connectivity index (χ1v) is 9.75. The zero-order chi connectivity index (χ0) is 19.4. The number of thiazole rings is 1. The number of aromatic nitrogens is 1. The van der Waals surface area contributed by atoms with E-state index in [-0.39, 0.29) is 30.9 Å². The Hall–Kier alpha value is -2.61. The number of hydrogen-bond donors (Lipinski definition) is 1. The van der Waals surface area contributed by atoms with E-state index < -0.39 is 0 Å². The Morgan fingerprint density at radius 1 is 1.30 bits per heavy atom. The summed E-state index contributed by atoms with van der Waals surface area (Å²) in [5.74, 6) is 1.23. The van der Waals surface area contributed by atoms with Gasteiger partial charge in [-0.05, 0) is 24.6 Å². The van der Waals surface area contributed by atoms with Gasteiger partial charge in [-0.1, -0.05) is 19.9 Å². The van der Waals surface area contributed by atoms with Gasteiger partial charge in [-0.15, -0.1) is 11.3 Å². The molecule has 3 rings (SSSR count). The van der Waals surface area contributed by atoms with Crippen molar-refractivity contribution in [1.29, 1.82) is 0 Å². The number of ether oxygens (including phenoxy) is 2. The number of nitrogens with one attached hydrogen (secondary N) is 1. The van der Waals surface area contributed by atoms with Crippen molar-refractivity contribution in [3.05, 3.63) is 34.8 Å². The Kier molecular flexibility index (Phi) is 5.95. The van der Waals surface area contributed by atoms with Crippen molar-refractivity contribution in [3.8, 4) is 11.5 Å². The smallest absolute Gasteiger partial charge is 0.231 e. The van der Waals surface area contributed by atoms with Crippen molar-refractivity contribution in [2.24, 2.45) is 5.92 Å². The molecule has 0 radical (unpaired) electrons. The van der Waals surface area contributed by atoms with Gasteiger partial charge in [-0.3, -0.25) is 9.59 Å². The highest BCUT2D eigenvalue weighted by Crippen LogP contribution is 2.32. The molecule has 0 aliphatic carbocycles. The Bertz CT molecular complexity index is 834. The first-order valence-electron chi connectivity index (χ1n) is 8.87. The van der Waals surface area contributed by atoms with Crippen LogP contribution in [-0.4, -0.2) is 35.0 Å². The maximum atomic E-state index is 12.7. The molecule has 1 aliphatic rings. The number of nitrogens with zero attached hydrogens (tertiary/aromatic N) is 2. The molecule has 8 heteroatoms. The maximum Gasteiger partial charge on any atom is 0.231 e. The number of likely N-dealkylation sites (N-methyl/N-ethyl adjacent to an activating group) is 1. The fourth-order valence-electron chi connectivity index (χ4n) is 2.60. The molecule has 27 heavy (non-hydrogen) atoms. The predicted molar refractivity (Wildman–Crippen MR) is 103 cm³/mol. The standard InChI is InChI=1S/C19H23N3O4S/c1-4-22(9-13-5-6-15-16(7-13)26-11-25-15)17(23)8-14-10-27-19(20-14)21-18(24)12(2)3/h5-7,10,12H,4,8-9,11H2,1-3H3,(H,20,21,24). The van der Waals surface area contributed by atoms with E-state index in [0.717, 1.165) is 11.3 Å². The van der Waals surface area contributed by atoms with Crippen LogP contribution in [0.3, 0.4) is 0 Å². The van der Waals surface area contributed by atoms with Crippen LogP contribution in [-0.2, 0) is 22.6 Å². The third-order valence-electron chi connectivity index (χ3n) is 4.18. The van der Waals surface area contributed by atoms with Crippen LogP contribution in [0.25, 0.3) is 0 Å². The lowest BCUT2D eigenvalue weighted by molar-refractivity contribution is -0.130. The minimum Gasteiger partial charge on any atom is -0.454 e. The molecule has 0 unspecified atom stereocenters. The second-order valence-corrected chi connectivity index (χ2v) is 7.42. The summed E-state index contributed by atoms with van der Waals surface area (Å²) in [7, 11) is 0. The van der Waals surface area contributed by atoms with Gasteiger partial charge in [-0.2, -0.15) is 0 Å². The van der Waals surface area contributed by atoms with Gasteiger partial charge >= 0.3 is 0 Å². The third-order valence-corrected chi connectivity index (χ3v) is 4.99. The molecule has 144 valence electrons. The molecule has 1 aromatic carbocycles. The molecular formula is C19H23N3O4S. The Morgan fingerprint density at radius 2 is 2.07 bits per heavy atom. The number of benzene rings is 1. The normalized spacial score (nSPS) is 12.3. The van der Waals surface area contributed by atoms with Crippen LogP contribution in [0.15, 0.2) is 23.6 Å².